The molecule has 4 heterocycles. The van der Waals surface area contributed by atoms with Gasteiger partial charge in [-0.3, -0.25) is 4.90 Å². The van der Waals surface area contributed by atoms with Crippen molar-refractivity contribution >= 4 is 11.6 Å². The lowest BCUT2D eigenvalue weighted by molar-refractivity contribution is -0.143. The lowest BCUT2D eigenvalue weighted by atomic mass is 9.84. The van der Waals surface area contributed by atoms with E-state index in [9.17, 15) is 18.0 Å². The van der Waals surface area contributed by atoms with Crippen molar-refractivity contribution in [3.8, 4) is 11.3 Å². The number of benzene rings is 1. The average Bonchev–Trinajstić information content (AvgIpc) is 3.28. The molecule has 0 spiro atoms. The van der Waals surface area contributed by atoms with Crippen molar-refractivity contribution in [2.75, 3.05) is 19.7 Å². The summed E-state index contributed by atoms with van der Waals surface area (Å²) in [6.07, 6.45) is 1.60. The van der Waals surface area contributed by atoms with Crippen LogP contribution in [0.1, 0.15) is 59.4 Å². The van der Waals surface area contributed by atoms with Crippen molar-refractivity contribution in [2.45, 2.75) is 57.2 Å². The number of hydrogen-bond donors (Lipinski definition) is 0. The molecule has 2 saturated heterocycles. The number of alkyl halides is 3. The maximum absolute atomic E-state index is 14.2. The molecule has 0 radical (unpaired) electrons. The average molecular weight is 485 g/mol. The maximum atomic E-state index is 14.2. The zero-order chi connectivity index (χ0) is 24.2. The molecular weight excluding hydrogens is 457 g/mol. The van der Waals surface area contributed by atoms with Crippen LogP contribution in [0.4, 0.5) is 13.2 Å². The monoisotopic (exact) mass is 484 g/mol. The van der Waals surface area contributed by atoms with Crippen LogP contribution in [0.2, 0.25) is 0 Å². The van der Waals surface area contributed by atoms with E-state index >= 15 is 0 Å². The predicted molar refractivity (Wildman–Crippen MR) is 123 cm³/mol. The predicted octanol–water partition coefficient (Wildman–Crippen LogP) is 4.94. The summed E-state index contributed by atoms with van der Waals surface area (Å²) in [5.74, 6) is -0.451. The SMILES string of the molecule is O=C(OC[C@H]1CCCN2CCCC[C@@H]12)c1cc2nc3c(c(C(F)(F)F)n2n1)CCc1ccccc1-3. The zero-order valence-electron chi connectivity index (χ0n) is 19.4. The van der Waals surface area contributed by atoms with Gasteiger partial charge >= 0.3 is 12.1 Å². The lowest BCUT2D eigenvalue weighted by Crippen LogP contribution is -2.49. The van der Waals surface area contributed by atoms with Crippen molar-refractivity contribution < 1.29 is 22.7 Å². The van der Waals surface area contributed by atoms with Crippen molar-refractivity contribution in [1.29, 1.82) is 0 Å². The molecule has 0 saturated carbocycles. The van der Waals surface area contributed by atoms with Gasteiger partial charge in [0.15, 0.2) is 17.0 Å². The highest BCUT2D eigenvalue weighted by Crippen LogP contribution is 2.40. The molecule has 2 aromatic heterocycles. The number of esters is 1. The summed E-state index contributed by atoms with van der Waals surface area (Å²) < 4.78 is 49.1. The quantitative estimate of drug-likeness (QED) is 0.493. The number of hydrogen-bond acceptors (Lipinski definition) is 5. The number of rotatable bonds is 3. The highest BCUT2D eigenvalue weighted by molar-refractivity contribution is 5.88. The van der Waals surface area contributed by atoms with Gasteiger partial charge in [-0.05, 0) is 57.2 Å². The molecule has 0 unspecified atom stereocenters. The molecule has 2 atom stereocenters. The first-order valence-electron chi connectivity index (χ1n) is 12.4. The van der Waals surface area contributed by atoms with Gasteiger partial charge in [0.2, 0.25) is 0 Å². The molecule has 6 nitrogen and oxygen atoms in total. The van der Waals surface area contributed by atoms with Crippen LogP contribution in [0.5, 0.6) is 0 Å². The fourth-order valence-electron chi connectivity index (χ4n) is 6.15. The van der Waals surface area contributed by atoms with Crippen LogP contribution in [-0.4, -0.2) is 51.2 Å². The number of carbonyl (C=O) groups excluding carboxylic acids is 1. The molecule has 2 fully saturated rings. The van der Waals surface area contributed by atoms with E-state index in [2.05, 4.69) is 15.0 Å². The zero-order valence-corrected chi connectivity index (χ0v) is 19.4. The Morgan fingerprint density at radius 1 is 1.09 bits per heavy atom. The smallest absolute Gasteiger partial charge is 0.433 e. The normalized spacial score (nSPS) is 22.4. The Balaban J connectivity index is 1.32. The molecule has 0 N–H and O–H groups in total. The first kappa shape index (κ1) is 22.5. The summed E-state index contributed by atoms with van der Waals surface area (Å²) in [5.41, 5.74) is 1.08. The van der Waals surface area contributed by atoms with Crippen molar-refractivity contribution in [3.63, 3.8) is 0 Å². The Morgan fingerprint density at radius 2 is 1.91 bits per heavy atom. The van der Waals surface area contributed by atoms with Crippen molar-refractivity contribution in [1.82, 2.24) is 19.5 Å². The molecule has 3 aliphatic rings. The van der Waals surface area contributed by atoms with Crippen LogP contribution in [0, 0.1) is 5.92 Å². The van der Waals surface area contributed by atoms with Crippen LogP contribution in [0.15, 0.2) is 30.3 Å². The molecule has 0 bridgehead atoms. The number of aryl methyl sites for hydroxylation is 1. The Morgan fingerprint density at radius 3 is 2.77 bits per heavy atom. The third kappa shape index (κ3) is 3.99. The molecule has 0 amide bonds. The fraction of sp³-hybridized carbons (Fsp3) is 0.500. The molecule has 1 aliphatic carbocycles. The van der Waals surface area contributed by atoms with Crippen molar-refractivity contribution in [2.24, 2.45) is 5.92 Å². The third-order valence-electron chi connectivity index (χ3n) is 7.75. The van der Waals surface area contributed by atoms with Gasteiger partial charge in [-0.25, -0.2) is 14.3 Å². The summed E-state index contributed by atoms with van der Waals surface area (Å²) in [6.45, 7) is 2.43. The van der Waals surface area contributed by atoms with Crippen LogP contribution in [-0.2, 0) is 23.8 Å². The highest BCUT2D eigenvalue weighted by Gasteiger charge is 2.40. The van der Waals surface area contributed by atoms with E-state index in [0.717, 1.165) is 42.4 Å². The van der Waals surface area contributed by atoms with Gasteiger partial charge in [0.05, 0.1) is 12.3 Å². The van der Waals surface area contributed by atoms with Gasteiger partial charge in [0.25, 0.3) is 0 Å². The van der Waals surface area contributed by atoms with Crippen molar-refractivity contribution in [3.05, 3.63) is 52.8 Å². The van der Waals surface area contributed by atoms with E-state index in [1.54, 1.807) is 12.1 Å². The summed E-state index contributed by atoms with van der Waals surface area (Å²) in [5, 5.41) is 4.04. The minimum atomic E-state index is -4.64. The van der Waals surface area contributed by atoms with E-state index in [4.69, 9.17) is 4.74 Å². The van der Waals surface area contributed by atoms with Gasteiger partial charge < -0.3 is 4.74 Å². The van der Waals surface area contributed by atoms with Gasteiger partial charge in [-0.1, -0.05) is 30.7 Å². The molecule has 9 heteroatoms. The van der Waals surface area contributed by atoms with Gasteiger partial charge in [-0.2, -0.15) is 18.3 Å². The number of fused-ring (bicyclic) bond motifs is 5. The molecule has 6 rings (SSSR count). The molecule has 1 aromatic carbocycles. The summed E-state index contributed by atoms with van der Waals surface area (Å²) >= 11 is 0. The van der Waals surface area contributed by atoms with Gasteiger partial charge in [0, 0.05) is 29.2 Å². The Hall–Kier alpha value is -2.94. The summed E-state index contributed by atoms with van der Waals surface area (Å²) in [6, 6.07) is 9.10. The number of aromatic nitrogens is 3. The fourth-order valence-corrected chi connectivity index (χ4v) is 6.15. The van der Waals surface area contributed by atoms with E-state index in [0.29, 0.717) is 23.7 Å². The number of piperidine rings is 2. The Bertz CT molecular complexity index is 1280. The highest BCUT2D eigenvalue weighted by atomic mass is 19.4. The maximum Gasteiger partial charge on any atom is 0.433 e. The Kier molecular flexibility index (Phi) is 5.55. The first-order valence-corrected chi connectivity index (χ1v) is 12.4. The largest absolute Gasteiger partial charge is 0.461 e. The van der Waals surface area contributed by atoms with Crippen LogP contribution in [0.25, 0.3) is 16.9 Å². The molecule has 2 aliphatic heterocycles. The number of nitrogens with zero attached hydrogens (tertiary/aromatic N) is 4. The number of carbonyl (C=O) groups is 1. The van der Waals surface area contributed by atoms with E-state index < -0.39 is 17.8 Å². The van der Waals surface area contributed by atoms with Crippen LogP contribution in [0.3, 0.4) is 0 Å². The second kappa shape index (κ2) is 8.62. The molecule has 35 heavy (non-hydrogen) atoms. The van der Waals surface area contributed by atoms with Gasteiger partial charge in [0.1, 0.15) is 0 Å². The first-order chi connectivity index (χ1) is 16.9. The topological polar surface area (TPSA) is 59.7 Å². The number of ether oxygens (including phenoxy) is 1. The van der Waals surface area contributed by atoms with Gasteiger partial charge in [-0.15, -0.1) is 0 Å². The molecule has 184 valence electrons. The molecular formula is C26H27F3N4O2. The minimum Gasteiger partial charge on any atom is -0.461 e. The van der Waals surface area contributed by atoms with Crippen LogP contribution < -0.4 is 0 Å². The Labute approximate surface area is 201 Å². The van der Waals surface area contributed by atoms with E-state index in [1.165, 1.54) is 18.9 Å². The van der Waals surface area contributed by atoms with Crippen LogP contribution >= 0.6 is 0 Å². The van der Waals surface area contributed by atoms with E-state index in [1.807, 2.05) is 12.1 Å². The number of halogens is 3. The standard InChI is InChI=1S/C26H27F3N4O2/c27-26(28,29)24-19-11-10-16-6-1-2-8-18(16)23(19)30-22-14-20(31-33(22)24)25(34)35-15-17-7-5-13-32-12-4-3-9-21(17)32/h1-2,6,8,14,17,21H,3-5,7,9-13,15H2/t17-,21+/m1/s1. The lowest BCUT2D eigenvalue weighted by Gasteiger charge is -2.44. The molecule has 3 aromatic rings. The summed E-state index contributed by atoms with van der Waals surface area (Å²) in [4.78, 5) is 19.9. The third-order valence-corrected chi connectivity index (χ3v) is 7.75. The van der Waals surface area contributed by atoms with E-state index in [-0.39, 0.29) is 35.9 Å². The minimum absolute atomic E-state index is 0.00384. The second-order valence-electron chi connectivity index (χ2n) is 9.84. The second-order valence-corrected chi connectivity index (χ2v) is 9.84. The summed E-state index contributed by atoms with van der Waals surface area (Å²) in [7, 11) is 0.